The van der Waals surface area contributed by atoms with Gasteiger partial charge in [0.05, 0.1) is 15.7 Å². The van der Waals surface area contributed by atoms with Crippen molar-refractivity contribution in [3.63, 3.8) is 0 Å². The van der Waals surface area contributed by atoms with E-state index in [4.69, 9.17) is 15.5 Å². The van der Waals surface area contributed by atoms with Crippen LogP contribution in [0.3, 0.4) is 0 Å². The number of aromatic nitrogens is 3. The number of pyridine rings is 1. The molecule has 2 aliphatic rings. The molecular formula is C34H42N6O2S. The zero-order valence-corrected chi connectivity index (χ0v) is 26.5. The molecule has 1 aliphatic carbocycles. The summed E-state index contributed by atoms with van der Waals surface area (Å²) in [7, 11) is 0. The fourth-order valence-electron chi connectivity index (χ4n) is 5.97. The van der Waals surface area contributed by atoms with Gasteiger partial charge in [0.2, 0.25) is 0 Å². The number of unbranched alkanes of at least 4 members (excludes halogenated alkanes) is 1. The molecule has 1 aliphatic heterocycles. The van der Waals surface area contributed by atoms with Crippen LogP contribution in [0.25, 0.3) is 21.3 Å². The lowest BCUT2D eigenvalue weighted by Crippen LogP contribution is -2.42. The van der Waals surface area contributed by atoms with E-state index in [1.54, 1.807) is 11.3 Å². The fourth-order valence-corrected chi connectivity index (χ4v) is 6.85. The maximum Gasteiger partial charge on any atom is 0.410 e. The van der Waals surface area contributed by atoms with Gasteiger partial charge in [-0.05, 0) is 68.2 Å². The molecule has 4 aromatic rings. The first kappa shape index (κ1) is 29.4. The van der Waals surface area contributed by atoms with Crippen molar-refractivity contribution in [3.8, 4) is 0 Å². The van der Waals surface area contributed by atoms with Crippen LogP contribution in [0.5, 0.6) is 0 Å². The highest BCUT2D eigenvalue weighted by atomic mass is 32.1. The largest absolute Gasteiger partial charge is 0.444 e. The number of fused-ring (bicyclic) bond motifs is 3. The summed E-state index contributed by atoms with van der Waals surface area (Å²) in [4.78, 5) is 23.9. The minimum Gasteiger partial charge on any atom is -0.444 e. The molecule has 1 atom stereocenters. The van der Waals surface area contributed by atoms with Crippen molar-refractivity contribution < 1.29 is 9.53 Å². The number of nitrogens with one attached hydrogen (secondary N) is 1. The van der Waals surface area contributed by atoms with Crippen LogP contribution >= 0.6 is 11.3 Å². The minimum atomic E-state index is -0.476. The van der Waals surface area contributed by atoms with Crippen molar-refractivity contribution >= 4 is 44.5 Å². The van der Waals surface area contributed by atoms with Gasteiger partial charge in [0, 0.05) is 38.6 Å². The smallest absolute Gasteiger partial charge is 0.410 e. The van der Waals surface area contributed by atoms with Gasteiger partial charge in [0.15, 0.2) is 5.82 Å². The summed E-state index contributed by atoms with van der Waals surface area (Å²) in [5.41, 5.74) is 13.9. The molecule has 0 saturated carbocycles. The Balaban J connectivity index is 1.10. The maximum absolute atomic E-state index is 12.5. The summed E-state index contributed by atoms with van der Waals surface area (Å²) in [6.07, 6.45) is 9.21. The van der Waals surface area contributed by atoms with Crippen LogP contribution < -0.4 is 11.1 Å². The second-order valence-corrected chi connectivity index (χ2v) is 13.6. The lowest BCUT2D eigenvalue weighted by Gasteiger charge is -2.34. The number of nitrogens with two attached hydrogens (primary N) is 1. The van der Waals surface area contributed by atoms with Gasteiger partial charge in [-0.2, -0.15) is 0 Å². The fraction of sp³-hybridized carbons (Fsp3) is 0.441. The van der Waals surface area contributed by atoms with E-state index in [1.165, 1.54) is 22.3 Å². The van der Waals surface area contributed by atoms with Gasteiger partial charge in [0.1, 0.15) is 16.9 Å². The molecule has 1 amide bonds. The number of nitrogens with zero attached hydrogens (tertiary/aromatic N) is 4. The van der Waals surface area contributed by atoms with Crippen LogP contribution in [0, 0.1) is 0 Å². The molecule has 0 bridgehead atoms. The Hall–Kier alpha value is -3.69. The van der Waals surface area contributed by atoms with Crippen LogP contribution in [0.2, 0.25) is 0 Å². The molecule has 3 N–H and O–H groups in total. The summed E-state index contributed by atoms with van der Waals surface area (Å²) in [6.45, 7) is 10.8. The average Bonchev–Trinajstić information content (AvgIpc) is 3.59. The first-order valence-electron chi connectivity index (χ1n) is 15.4. The first-order chi connectivity index (χ1) is 20.7. The number of rotatable bonds is 8. The Morgan fingerprint density at radius 1 is 1.16 bits per heavy atom. The highest BCUT2D eigenvalue weighted by molar-refractivity contribution is 7.18. The topological polar surface area (TPSA) is 98.3 Å². The van der Waals surface area contributed by atoms with E-state index in [0.717, 1.165) is 72.3 Å². The number of benzene rings is 1. The molecular weight excluding hydrogens is 556 g/mol. The van der Waals surface area contributed by atoms with Crippen molar-refractivity contribution in [2.45, 2.75) is 84.5 Å². The standard InChI is InChI=1S/C34H42N6O2S/c1-5-6-7-28-38-29-30(31-27(15-17-43-31)37-32(29)35)40(28)20-23-10-8-22(9-11-23)19-36-26-13-12-25-21-39(16-14-24(25)18-26)33(41)42-34(2,3)4/h8-13,15,17,26,36H,5-7,14,16,18-21H2,1-4H3,(H2,35,37). The van der Waals surface area contributed by atoms with Gasteiger partial charge >= 0.3 is 6.09 Å². The van der Waals surface area contributed by atoms with E-state index in [2.05, 4.69) is 63.6 Å². The third-order valence-corrected chi connectivity index (χ3v) is 9.13. The second kappa shape index (κ2) is 12.1. The van der Waals surface area contributed by atoms with Crippen molar-refractivity contribution in [2.24, 2.45) is 0 Å². The Kier molecular flexibility index (Phi) is 8.29. The van der Waals surface area contributed by atoms with Gasteiger partial charge < -0.3 is 25.3 Å². The molecule has 9 heteroatoms. The highest BCUT2D eigenvalue weighted by Gasteiger charge is 2.28. The predicted octanol–water partition coefficient (Wildman–Crippen LogP) is 6.97. The summed E-state index contributed by atoms with van der Waals surface area (Å²) in [5.74, 6) is 1.58. The molecule has 4 heterocycles. The number of thiophene rings is 1. The number of amides is 1. The Morgan fingerprint density at radius 3 is 2.72 bits per heavy atom. The molecule has 0 saturated heterocycles. The number of hydrogen-bond donors (Lipinski definition) is 2. The molecule has 6 rings (SSSR count). The number of aryl methyl sites for hydroxylation is 1. The monoisotopic (exact) mass is 598 g/mol. The van der Waals surface area contributed by atoms with Crippen molar-refractivity contribution in [1.29, 1.82) is 0 Å². The quantitative estimate of drug-likeness (QED) is 0.227. The Labute approximate surface area is 257 Å². The number of carbonyl (C=O) groups excluding carboxylic acids is 1. The van der Waals surface area contributed by atoms with Crippen molar-refractivity contribution in [1.82, 2.24) is 24.8 Å². The summed E-state index contributed by atoms with van der Waals surface area (Å²) in [5, 5.41) is 5.80. The Bertz CT molecular complexity index is 1690. The van der Waals surface area contributed by atoms with Gasteiger partial charge in [-0.25, -0.2) is 14.8 Å². The highest BCUT2D eigenvalue weighted by Crippen LogP contribution is 2.33. The normalized spacial score (nSPS) is 17.2. The molecule has 1 aromatic carbocycles. The van der Waals surface area contributed by atoms with Gasteiger partial charge in [-0.1, -0.05) is 55.3 Å². The van der Waals surface area contributed by atoms with E-state index in [-0.39, 0.29) is 12.1 Å². The van der Waals surface area contributed by atoms with Gasteiger partial charge in [-0.3, -0.25) is 0 Å². The Morgan fingerprint density at radius 2 is 1.95 bits per heavy atom. The predicted molar refractivity (Wildman–Crippen MR) is 175 cm³/mol. The van der Waals surface area contributed by atoms with Gasteiger partial charge in [0.25, 0.3) is 0 Å². The van der Waals surface area contributed by atoms with Crippen LogP contribution in [-0.2, 0) is 24.2 Å². The third-order valence-electron chi connectivity index (χ3n) is 8.22. The molecule has 1 unspecified atom stereocenters. The van der Waals surface area contributed by atoms with Crippen LogP contribution in [0.15, 0.2) is 59.0 Å². The zero-order valence-electron chi connectivity index (χ0n) is 25.7. The van der Waals surface area contributed by atoms with E-state index in [0.29, 0.717) is 18.9 Å². The molecule has 0 spiro atoms. The summed E-state index contributed by atoms with van der Waals surface area (Å²) >= 11 is 1.70. The van der Waals surface area contributed by atoms with Crippen LogP contribution in [0.1, 0.15) is 70.3 Å². The molecule has 0 fully saturated rings. The molecule has 0 radical (unpaired) electrons. The van der Waals surface area contributed by atoms with E-state index in [1.807, 2.05) is 31.7 Å². The number of imidazole rings is 1. The number of anilines is 1. The molecule has 226 valence electrons. The second-order valence-electron chi connectivity index (χ2n) is 12.7. The number of hydrogen-bond acceptors (Lipinski definition) is 7. The zero-order chi connectivity index (χ0) is 30.1. The molecule has 43 heavy (non-hydrogen) atoms. The maximum atomic E-state index is 12.5. The van der Waals surface area contributed by atoms with Crippen LogP contribution in [-0.4, -0.2) is 50.3 Å². The third kappa shape index (κ3) is 6.48. The van der Waals surface area contributed by atoms with E-state index < -0.39 is 5.60 Å². The number of nitrogen functional groups attached to an aromatic ring is 1. The van der Waals surface area contributed by atoms with Crippen molar-refractivity contribution in [3.05, 3.63) is 76.0 Å². The summed E-state index contributed by atoms with van der Waals surface area (Å²) < 4.78 is 9.07. The summed E-state index contributed by atoms with van der Waals surface area (Å²) in [6, 6.07) is 11.2. The lowest BCUT2D eigenvalue weighted by atomic mass is 9.89. The first-order valence-corrected chi connectivity index (χ1v) is 16.3. The van der Waals surface area contributed by atoms with Crippen molar-refractivity contribution in [2.75, 3.05) is 18.8 Å². The van der Waals surface area contributed by atoms with Crippen LogP contribution in [0.4, 0.5) is 10.6 Å². The van der Waals surface area contributed by atoms with E-state index in [9.17, 15) is 4.79 Å². The SMILES string of the molecule is CCCCc1nc2c(N)nc3ccsc3c2n1Cc1ccc(CNC2C=CC3=C(CCN(C(=O)OC(C)(C)C)C3)C2)cc1. The number of carbonyl (C=O) groups is 1. The minimum absolute atomic E-state index is 0.226. The van der Waals surface area contributed by atoms with Gasteiger partial charge in [-0.15, -0.1) is 11.3 Å². The average molecular weight is 599 g/mol. The molecule has 3 aromatic heterocycles. The van der Waals surface area contributed by atoms with E-state index >= 15 is 0 Å². The number of ether oxygens (including phenoxy) is 1. The lowest BCUT2D eigenvalue weighted by molar-refractivity contribution is 0.0260. The molecule has 8 nitrogen and oxygen atoms in total.